The van der Waals surface area contributed by atoms with Crippen LogP contribution in [0.3, 0.4) is 0 Å². The average Bonchev–Trinajstić information content (AvgIpc) is 3.38. The molecule has 2 aromatic heterocycles. The summed E-state index contributed by atoms with van der Waals surface area (Å²) >= 11 is 0. The number of aliphatic hydroxyl groups is 1. The van der Waals surface area contributed by atoms with E-state index >= 15 is 0 Å². The maximum absolute atomic E-state index is 9.76. The number of benzene rings is 1. The van der Waals surface area contributed by atoms with Gasteiger partial charge in [-0.3, -0.25) is 4.57 Å². The third-order valence-electron chi connectivity index (χ3n) is 5.76. The van der Waals surface area contributed by atoms with Gasteiger partial charge in [0.15, 0.2) is 17.7 Å². The zero-order chi connectivity index (χ0) is 21.0. The van der Waals surface area contributed by atoms with E-state index in [-0.39, 0.29) is 18.8 Å². The van der Waals surface area contributed by atoms with Crippen molar-refractivity contribution in [2.75, 3.05) is 6.61 Å². The van der Waals surface area contributed by atoms with Gasteiger partial charge in [-0.25, -0.2) is 15.0 Å². The third kappa shape index (κ3) is 3.11. The van der Waals surface area contributed by atoms with Crippen LogP contribution in [0.4, 0.5) is 0 Å². The molecule has 0 aliphatic carbocycles. The van der Waals surface area contributed by atoms with Gasteiger partial charge >= 0.3 is 0 Å². The van der Waals surface area contributed by atoms with Crippen molar-refractivity contribution in [1.29, 1.82) is 0 Å². The molecule has 1 aromatic carbocycles. The number of fused-ring (bicyclic) bond motifs is 2. The Morgan fingerprint density at radius 2 is 1.93 bits per heavy atom. The third-order valence-corrected chi connectivity index (χ3v) is 5.76. The monoisotopic (exact) mass is 410 g/mol. The molecular formula is C22H26N4O4. The minimum atomic E-state index is -0.738. The molecule has 158 valence electrons. The minimum absolute atomic E-state index is 0.147. The summed E-state index contributed by atoms with van der Waals surface area (Å²) in [5.41, 5.74) is 4.37. The minimum Gasteiger partial charge on any atom is -0.394 e. The van der Waals surface area contributed by atoms with Gasteiger partial charge in [0.05, 0.1) is 12.9 Å². The van der Waals surface area contributed by atoms with E-state index in [4.69, 9.17) is 14.2 Å². The lowest BCUT2D eigenvalue weighted by atomic mass is 9.99. The Morgan fingerprint density at radius 1 is 1.13 bits per heavy atom. The van der Waals surface area contributed by atoms with Gasteiger partial charge in [0.2, 0.25) is 0 Å². The molecule has 0 saturated carbocycles. The predicted octanol–water partition coefficient (Wildman–Crippen LogP) is 3.03. The van der Waals surface area contributed by atoms with Crippen LogP contribution in [0.15, 0.2) is 36.9 Å². The molecule has 2 aliphatic rings. The van der Waals surface area contributed by atoms with Crippen LogP contribution in [0, 0.1) is 0 Å². The largest absolute Gasteiger partial charge is 0.394 e. The van der Waals surface area contributed by atoms with Gasteiger partial charge < -0.3 is 19.3 Å². The lowest BCUT2D eigenvalue weighted by Gasteiger charge is -2.24. The Kier molecular flexibility index (Phi) is 4.62. The maximum Gasteiger partial charge on any atom is 0.166 e. The van der Waals surface area contributed by atoms with Crippen molar-refractivity contribution in [1.82, 2.24) is 19.5 Å². The smallest absolute Gasteiger partial charge is 0.166 e. The van der Waals surface area contributed by atoms with E-state index in [0.29, 0.717) is 17.1 Å². The molecule has 5 rings (SSSR count). The van der Waals surface area contributed by atoms with Crippen LogP contribution in [0.2, 0.25) is 0 Å². The van der Waals surface area contributed by atoms with Gasteiger partial charge in [-0.1, -0.05) is 32.0 Å². The first-order valence-corrected chi connectivity index (χ1v) is 10.3. The molecule has 4 heterocycles. The van der Waals surface area contributed by atoms with Crippen molar-refractivity contribution in [3.63, 3.8) is 0 Å². The fourth-order valence-electron chi connectivity index (χ4n) is 4.32. The van der Waals surface area contributed by atoms with E-state index in [9.17, 15) is 5.11 Å². The summed E-state index contributed by atoms with van der Waals surface area (Å²) < 4.78 is 20.0. The van der Waals surface area contributed by atoms with Crippen molar-refractivity contribution in [3.8, 4) is 11.3 Å². The Bertz CT molecular complexity index is 1080. The van der Waals surface area contributed by atoms with E-state index in [1.54, 1.807) is 12.7 Å². The van der Waals surface area contributed by atoms with Crippen LogP contribution in [-0.4, -0.2) is 55.3 Å². The summed E-state index contributed by atoms with van der Waals surface area (Å²) in [7, 11) is 0. The molecule has 0 spiro atoms. The molecule has 0 amide bonds. The molecule has 0 unspecified atom stereocenters. The van der Waals surface area contributed by atoms with E-state index in [1.165, 1.54) is 5.56 Å². The highest BCUT2D eigenvalue weighted by molar-refractivity contribution is 5.87. The summed E-state index contributed by atoms with van der Waals surface area (Å²) in [6.45, 7) is 7.92. The molecule has 8 nitrogen and oxygen atoms in total. The van der Waals surface area contributed by atoms with Crippen LogP contribution in [0.5, 0.6) is 0 Å². The fraction of sp³-hybridized carbons (Fsp3) is 0.500. The highest BCUT2D eigenvalue weighted by Gasteiger charge is 2.56. The van der Waals surface area contributed by atoms with Crippen molar-refractivity contribution in [2.45, 2.75) is 63.9 Å². The summed E-state index contributed by atoms with van der Waals surface area (Å²) in [4.78, 5) is 13.6. The predicted molar refractivity (Wildman–Crippen MR) is 110 cm³/mol. The number of ether oxygens (including phenoxy) is 3. The number of aliphatic hydroxyl groups excluding tert-OH is 1. The van der Waals surface area contributed by atoms with E-state index in [2.05, 4.69) is 40.9 Å². The van der Waals surface area contributed by atoms with Gasteiger partial charge in [-0.05, 0) is 31.4 Å². The Hall–Kier alpha value is -2.39. The van der Waals surface area contributed by atoms with Crippen molar-refractivity contribution in [3.05, 3.63) is 42.5 Å². The second kappa shape index (κ2) is 7.09. The molecule has 0 bridgehead atoms. The van der Waals surface area contributed by atoms with E-state index in [0.717, 1.165) is 11.3 Å². The average molecular weight is 410 g/mol. The number of rotatable bonds is 4. The number of nitrogens with zero attached hydrogens (tertiary/aromatic N) is 4. The first-order valence-electron chi connectivity index (χ1n) is 10.3. The number of hydrogen-bond acceptors (Lipinski definition) is 7. The molecule has 3 aromatic rings. The SMILES string of the molecule is CC(C)c1cccc(-c2ncnc3c2ncn3[C@@H]2O[C@H](CO)[C@H]3OC(C)(C)O[C@H]32)c1. The Labute approximate surface area is 174 Å². The first-order chi connectivity index (χ1) is 14.4. The molecule has 30 heavy (non-hydrogen) atoms. The Balaban J connectivity index is 1.57. The van der Waals surface area contributed by atoms with Crippen LogP contribution >= 0.6 is 0 Å². The first kappa shape index (κ1) is 19.6. The van der Waals surface area contributed by atoms with Gasteiger partial charge in [0.1, 0.15) is 35.8 Å². The molecule has 4 atom stereocenters. The highest BCUT2D eigenvalue weighted by Crippen LogP contribution is 2.43. The number of imidazole rings is 1. The molecule has 2 saturated heterocycles. The topological polar surface area (TPSA) is 91.5 Å². The standard InChI is InChI=1S/C22H26N4O4/c1-12(2)13-6-5-7-14(8-13)16-17-20(24-10-23-16)26(11-25-17)21-19-18(15(9-27)28-21)29-22(3,4)30-19/h5-8,10-12,15,18-19,21,27H,9H2,1-4H3/t15-,18-,19-,21-/m1/s1. The molecule has 2 fully saturated rings. The second-order valence-corrected chi connectivity index (χ2v) is 8.64. The number of aromatic nitrogens is 4. The van der Waals surface area contributed by atoms with Gasteiger partial charge in [0.25, 0.3) is 0 Å². The summed E-state index contributed by atoms with van der Waals surface area (Å²) in [5, 5.41) is 9.76. The highest BCUT2D eigenvalue weighted by atomic mass is 16.8. The molecule has 1 N–H and O–H groups in total. The van der Waals surface area contributed by atoms with Crippen LogP contribution in [0.1, 0.15) is 45.4 Å². The lowest BCUT2D eigenvalue weighted by molar-refractivity contribution is -0.199. The molecule has 2 aliphatic heterocycles. The van der Waals surface area contributed by atoms with Crippen molar-refractivity contribution in [2.24, 2.45) is 0 Å². The number of hydrogen-bond donors (Lipinski definition) is 1. The van der Waals surface area contributed by atoms with Crippen LogP contribution in [-0.2, 0) is 14.2 Å². The quantitative estimate of drug-likeness (QED) is 0.707. The van der Waals surface area contributed by atoms with E-state index in [1.807, 2.05) is 30.5 Å². The van der Waals surface area contributed by atoms with Gasteiger partial charge in [0, 0.05) is 5.56 Å². The maximum atomic E-state index is 9.76. The summed E-state index contributed by atoms with van der Waals surface area (Å²) in [5.74, 6) is -0.319. The summed E-state index contributed by atoms with van der Waals surface area (Å²) in [6.07, 6.45) is 1.57. The van der Waals surface area contributed by atoms with Gasteiger partial charge in [-0.2, -0.15) is 0 Å². The zero-order valence-corrected chi connectivity index (χ0v) is 17.5. The molecule has 0 radical (unpaired) electrons. The van der Waals surface area contributed by atoms with Crippen molar-refractivity contribution < 1.29 is 19.3 Å². The summed E-state index contributed by atoms with van der Waals surface area (Å²) in [6, 6.07) is 8.34. The lowest BCUT2D eigenvalue weighted by Crippen LogP contribution is -2.31. The van der Waals surface area contributed by atoms with E-state index < -0.39 is 18.1 Å². The van der Waals surface area contributed by atoms with Gasteiger partial charge in [-0.15, -0.1) is 0 Å². The second-order valence-electron chi connectivity index (χ2n) is 8.64. The normalized spacial score (nSPS) is 27.8. The van der Waals surface area contributed by atoms with Crippen LogP contribution < -0.4 is 0 Å². The zero-order valence-electron chi connectivity index (χ0n) is 17.5. The Morgan fingerprint density at radius 3 is 2.70 bits per heavy atom. The van der Waals surface area contributed by atoms with Crippen LogP contribution in [0.25, 0.3) is 22.4 Å². The fourth-order valence-corrected chi connectivity index (χ4v) is 4.32. The molecular weight excluding hydrogens is 384 g/mol. The molecule has 8 heteroatoms. The van der Waals surface area contributed by atoms with Crippen molar-refractivity contribution >= 4 is 11.2 Å².